The van der Waals surface area contributed by atoms with Crippen molar-refractivity contribution in [1.29, 1.82) is 0 Å². The number of rotatable bonds is 5. The number of carbonyl (C=O) groups is 1. The number of hydrogen-bond donors (Lipinski definition) is 0. The summed E-state index contributed by atoms with van der Waals surface area (Å²) in [5.74, 6) is 1.63. The van der Waals surface area contributed by atoms with Gasteiger partial charge in [0.1, 0.15) is 0 Å². The third-order valence-corrected chi connectivity index (χ3v) is 8.39. The van der Waals surface area contributed by atoms with Gasteiger partial charge in [0.25, 0.3) is 0 Å². The fourth-order valence-electron chi connectivity index (χ4n) is 6.42. The summed E-state index contributed by atoms with van der Waals surface area (Å²) in [6.07, 6.45) is 2.42. The number of aliphatic imine (C=N–C) groups is 1. The molecule has 0 aromatic heterocycles. The van der Waals surface area contributed by atoms with E-state index in [1.807, 2.05) is 36.4 Å². The van der Waals surface area contributed by atoms with Crippen LogP contribution in [0.5, 0.6) is 11.5 Å². The van der Waals surface area contributed by atoms with Crippen LogP contribution in [0, 0.1) is 0 Å². The van der Waals surface area contributed by atoms with E-state index in [1.165, 1.54) is 16.5 Å². The molecule has 1 fully saturated rings. The number of hydrogen-bond acceptors (Lipinski definition) is 4. The lowest BCUT2D eigenvalue weighted by Gasteiger charge is -2.33. The van der Waals surface area contributed by atoms with Gasteiger partial charge in [-0.2, -0.15) is 0 Å². The van der Waals surface area contributed by atoms with Crippen molar-refractivity contribution in [3.8, 4) is 11.5 Å². The molecular formula is C35H30N2O3. The molecule has 5 heteroatoms. The van der Waals surface area contributed by atoms with E-state index >= 15 is 0 Å². The van der Waals surface area contributed by atoms with E-state index in [0.717, 1.165) is 51.5 Å². The molecule has 1 saturated heterocycles. The van der Waals surface area contributed by atoms with Crippen molar-refractivity contribution in [2.24, 2.45) is 4.99 Å². The SMILES string of the molecule is COc1cc2c3c(c4ccc(N=C(c5ccccc5)c5ccccc5)cc4c2cc1OC)C[C@@H]1CCC(=O)N1C3. The third kappa shape index (κ3) is 4.01. The molecule has 1 atom stereocenters. The van der Waals surface area contributed by atoms with E-state index in [2.05, 4.69) is 59.5 Å². The van der Waals surface area contributed by atoms with Crippen LogP contribution in [0.25, 0.3) is 21.5 Å². The summed E-state index contributed by atoms with van der Waals surface area (Å²) in [6, 6.07) is 31.6. The molecule has 0 bridgehead atoms. The number of ether oxygens (including phenoxy) is 2. The van der Waals surface area contributed by atoms with Gasteiger partial charge < -0.3 is 14.4 Å². The zero-order chi connectivity index (χ0) is 27.2. The molecule has 1 amide bonds. The number of amides is 1. The van der Waals surface area contributed by atoms with Crippen LogP contribution in [0.1, 0.15) is 35.1 Å². The maximum Gasteiger partial charge on any atom is 0.223 e. The summed E-state index contributed by atoms with van der Waals surface area (Å²) >= 11 is 0. The van der Waals surface area contributed by atoms with Crippen molar-refractivity contribution in [1.82, 2.24) is 4.90 Å². The van der Waals surface area contributed by atoms with Crippen LogP contribution >= 0.6 is 0 Å². The van der Waals surface area contributed by atoms with Crippen molar-refractivity contribution in [3.05, 3.63) is 113 Å². The quantitative estimate of drug-likeness (QED) is 0.179. The van der Waals surface area contributed by atoms with Gasteiger partial charge in [0.2, 0.25) is 5.91 Å². The highest BCUT2D eigenvalue weighted by Gasteiger charge is 2.36. The Hall–Kier alpha value is -4.64. The Kier molecular flexibility index (Phi) is 6.00. The smallest absolute Gasteiger partial charge is 0.223 e. The van der Waals surface area contributed by atoms with Crippen LogP contribution in [0.4, 0.5) is 5.69 Å². The minimum absolute atomic E-state index is 0.253. The largest absolute Gasteiger partial charge is 0.493 e. The lowest BCUT2D eigenvalue weighted by molar-refractivity contribution is -0.129. The van der Waals surface area contributed by atoms with Gasteiger partial charge in [0, 0.05) is 30.1 Å². The Balaban J connectivity index is 1.48. The van der Waals surface area contributed by atoms with Crippen molar-refractivity contribution in [2.75, 3.05) is 14.2 Å². The highest BCUT2D eigenvalue weighted by molar-refractivity contribution is 6.15. The topological polar surface area (TPSA) is 51.1 Å². The molecule has 0 aliphatic carbocycles. The van der Waals surface area contributed by atoms with Gasteiger partial charge in [0.15, 0.2) is 11.5 Å². The summed E-state index contributed by atoms with van der Waals surface area (Å²) in [5.41, 5.74) is 6.50. The normalized spacial score (nSPS) is 16.1. The second-order valence-corrected chi connectivity index (χ2v) is 10.6. The molecule has 5 nitrogen and oxygen atoms in total. The first kappa shape index (κ1) is 24.4. The molecule has 0 spiro atoms. The first-order valence-electron chi connectivity index (χ1n) is 13.8. The Morgan fingerprint density at radius 1 is 0.750 bits per heavy atom. The molecule has 2 heterocycles. The summed E-state index contributed by atoms with van der Waals surface area (Å²) < 4.78 is 11.4. The van der Waals surface area contributed by atoms with Crippen LogP contribution in [-0.2, 0) is 17.8 Å². The highest BCUT2D eigenvalue weighted by atomic mass is 16.5. The predicted molar refractivity (Wildman–Crippen MR) is 160 cm³/mol. The van der Waals surface area contributed by atoms with Gasteiger partial charge in [0.05, 0.1) is 25.6 Å². The number of methoxy groups -OCH3 is 2. The maximum atomic E-state index is 12.7. The molecule has 0 unspecified atom stereocenters. The lowest BCUT2D eigenvalue weighted by Crippen LogP contribution is -2.38. The number of nitrogens with zero attached hydrogens (tertiary/aromatic N) is 2. The Morgan fingerprint density at radius 3 is 2.02 bits per heavy atom. The number of benzene rings is 5. The van der Waals surface area contributed by atoms with Crippen LogP contribution in [-0.4, -0.2) is 36.8 Å². The fourth-order valence-corrected chi connectivity index (χ4v) is 6.42. The Bertz CT molecular complexity index is 1750. The zero-order valence-electron chi connectivity index (χ0n) is 22.7. The summed E-state index contributed by atoms with van der Waals surface area (Å²) in [4.78, 5) is 20.0. The minimum atomic E-state index is 0.253. The molecule has 2 aliphatic rings. The monoisotopic (exact) mass is 526 g/mol. The zero-order valence-corrected chi connectivity index (χ0v) is 22.7. The van der Waals surface area contributed by atoms with Gasteiger partial charge >= 0.3 is 0 Å². The summed E-state index contributed by atoms with van der Waals surface area (Å²) in [5, 5.41) is 4.53. The first-order chi connectivity index (χ1) is 19.6. The van der Waals surface area contributed by atoms with E-state index in [-0.39, 0.29) is 11.9 Å². The Morgan fingerprint density at radius 2 is 1.38 bits per heavy atom. The molecule has 0 N–H and O–H groups in total. The molecule has 0 saturated carbocycles. The fraction of sp³-hybridized carbons (Fsp3) is 0.200. The van der Waals surface area contributed by atoms with Crippen LogP contribution in [0.2, 0.25) is 0 Å². The second-order valence-electron chi connectivity index (χ2n) is 10.6. The van der Waals surface area contributed by atoms with Gasteiger partial charge in [-0.3, -0.25) is 4.79 Å². The Labute approximate surface area is 233 Å². The van der Waals surface area contributed by atoms with E-state index in [1.54, 1.807) is 14.2 Å². The standard InChI is InChI=1S/C35H30N2O3/c1-39-32-19-29-27-17-24(36-35(22-9-5-3-6-10-22)23-11-7-4-8-12-23)13-15-26(27)28-18-25-14-16-34(38)37(25)21-31(28)30(29)20-33(32)40-2/h3-13,15,17,19-20,25H,14,16,18,21H2,1-2H3/t25-/m0/s1. The van der Waals surface area contributed by atoms with E-state index in [0.29, 0.717) is 24.5 Å². The molecule has 2 aliphatic heterocycles. The summed E-state index contributed by atoms with van der Waals surface area (Å²) in [7, 11) is 3.33. The number of fused-ring (bicyclic) bond motifs is 7. The van der Waals surface area contributed by atoms with Crippen molar-refractivity contribution in [2.45, 2.75) is 31.8 Å². The molecule has 5 aromatic rings. The van der Waals surface area contributed by atoms with Crippen LogP contribution in [0.15, 0.2) is 96.0 Å². The van der Waals surface area contributed by atoms with E-state index in [4.69, 9.17) is 14.5 Å². The van der Waals surface area contributed by atoms with Crippen molar-refractivity contribution >= 4 is 38.9 Å². The molecular weight excluding hydrogens is 496 g/mol. The molecule has 7 rings (SSSR count). The average molecular weight is 527 g/mol. The van der Waals surface area contributed by atoms with E-state index in [9.17, 15) is 4.79 Å². The van der Waals surface area contributed by atoms with Crippen LogP contribution < -0.4 is 9.47 Å². The maximum absolute atomic E-state index is 12.7. The van der Waals surface area contributed by atoms with Gasteiger partial charge in [-0.15, -0.1) is 0 Å². The number of carbonyl (C=O) groups excluding carboxylic acids is 1. The molecule has 198 valence electrons. The molecule has 0 radical (unpaired) electrons. The molecule has 5 aromatic carbocycles. The molecule has 40 heavy (non-hydrogen) atoms. The minimum Gasteiger partial charge on any atom is -0.493 e. The highest BCUT2D eigenvalue weighted by Crippen LogP contribution is 2.44. The van der Waals surface area contributed by atoms with Crippen molar-refractivity contribution < 1.29 is 14.3 Å². The second kappa shape index (κ2) is 9.83. The summed E-state index contributed by atoms with van der Waals surface area (Å²) in [6.45, 7) is 0.632. The average Bonchev–Trinajstić information content (AvgIpc) is 3.38. The predicted octanol–water partition coefficient (Wildman–Crippen LogP) is 7.23. The van der Waals surface area contributed by atoms with Crippen LogP contribution in [0.3, 0.4) is 0 Å². The first-order valence-corrected chi connectivity index (χ1v) is 13.8. The van der Waals surface area contributed by atoms with Gasteiger partial charge in [-0.25, -0.2) is 4.99 Å². The third-order valence-electron chi connectivity index (χ3n) is 8.39. The van der Waals surface area contributed by atoms with Crippen molar-refractivity contribution in [3.63, 3.8) is 0 Å². The van der Waals surface area contributed by atoms with Gasteiger partial charge in [-0.05, 0) is 69.8 Å². The lowest BCUT2D eigenvalue weighted by atomic mass is 9.85. The van der Waals surface area contributed by atoms with E-state index < -0.39 is 0 Å². The van der Waals surface area contributed by atoms with Gasteiger partial charge in [-0.1, -0.05) is 66.7 Å².